The molecule has 0 aliphatic rings. The van der Waals surface area contributed by atoms with Crippen LogP contribution in [0.1, 0.15) is 348 Å². The zero-order valence-electron chi connectivity index (χ0n) is 57.9. The molecule has 9 nitrogen and oxygen atoms in total. The zero-order chi connectivity index (χ0) is 63.3. The summed E-state index contributed by atoms with van der Waals surface area (Å²) in [4.78, 5) is 37.7. The third-order valence-corrected chi connectivity index (χ3v) is 16.4. The Morgan fingerprint density at radius 3 is 0.977 bits per heavy atom. The van der Waals surface area contributed by atoms with E-state index in [0.29, 0.717) is 17.4 Å². The number of hydrogen-bond donors (Lipinski definition) is 1. The molecule has 2 atom stereocenters. The van der Waals surface area contributed by atoms with Gasteiger partial charge in [-0.25, -0.2) is 4.79 Å². The highest BCUT2D eigenvalue weighted by molar-refractivity contribution is 5.71. The van der Waals surface area contributed by atoms with Crippen molar-refractivity contribution in [2.45, 2.75) is 360 Å². The van der Waals surface area contributed by atoms with Gasteiger partial charge in [0.25, 0.3) is 6.29 Å². The fourth-order valence-corrected chi connectivity index (χ4v) is 10.8. The molecule has 9 heteroatoms. The smallest absolute Gasteiger partial charge is 0.361 e. The van der Waals surface area contributed by atoms with Gasteiger partial charge >= 0.3 is 17.9 Å². The molecular formula is C78H142NO8+. The summed E-state index contributed by atoms with van der Waals surface area (Å²) >= 11 is 0. The number of carbonyl (C=O) groups excluding carboxylic acids is 2. The number of rotatable bonds is 69. The molecule has 0 aliphatic heterocycles. The van der Waals surface area contributed by atoms with Crippen LogP contribution in [-0.4, -0.2) is 87.4 Å². The second-order valence-corrected chi connectivity index (χ2v) is 26.2. The number of aliphatic carboxylic acids is 1. The fourth-order valence-electron chi connectivity index (χ4n) is 10.8. The van der Waals surface area contributed by atoms with Gasteiger partial charge < -0.3 is 28.5 Å². The average molecular weight is 1220 g/mol. The maximum atomic E-state index is 13.0. The average Bonchev–Trinajstić information content (AvgIpc) is 3.59. The summed E-state index contributed by atoms with van der Waals surface area (Å²) in [7, 11) is 5.99. The standard InChI is InChI=1S/C78H141NO8/c1-6-8-10-12-14-16-18-20-22-24-26-28-30-32-34-36-37-38-39-41-43-45-47-49-51-53-55-57-59-61-63-65-67-69-76(81)87-74(73-86-78(77(82)83)84-71-70-79(3,4)5)72-85-75(80)68-66-64-62-60-58-56-54-52-50-48-46-44-42-40-35-33-31-29-27-25-23-21-19-17-15-13-11-9-7-2/h8,10,14,16,19-22,25-28,74,78H,6-7,9,11-13,15,17-18,23-24,29-73H2,1-5H3/p+1/b10-8-,16-14-,21-19-,22-20-,27-25-,28-26-. The van der Waals surface area contributed by atoms with Crippen molar-refractivity contribution in [2.24, 2.45) is 0 Å². The second kappa shape index (κ2) is 68.6. The molecule has 0 saturated carbocycles. The third-order valence-electron chi connectivity index (χ3n) is 16.4. The lowest BCUT2D eigenvalue weighted by Gasteiger charge is -2.25. The number of carboxylic acids is 1. The van der Waals surface area contributed by atoms with Gasteiger partial charge in [-0.3, -0.25) is 9.59 Å². The SMILES string of the molecule is CC/C=C\C/C=C\C/C=C\C/C=C\CCCCCCCCCCCCCCCCCCCCCCC(=O)OC(COC(=O)CCCCCCCCCCCCCCCCCCC/C=C\C/C=C\CCCCCCC)COC(OCC[N+](C)(C)C)C(=O)O. The number of carboxylic acid groups (broad SMARTS) is 1. The number of unbranched alkanes of at least 4 members (excludes halogenated alkanes) is 42. The lowest BCUT2D eigenvalue weighted by molar-refractivity contribution is -0.870. The van der Waals surface area contributed by atoms with Crippen LogP contribution in [0, 0.1) is 0 Å². The predicted molar refractivity (Wildman–Crippen MR) is 373 cm³/mol. The Labute approximate surface area is 538 Å². The summed E-state index contributed by atoms with van der Waals surface area (Å²) < 4.78 is 23.0. The molecule has 1 N–H and O–H groups in total. The second-order valence-electron chi connectivity index (χ2n) is 26.2. The van der Waals surface area contributed by atoms with E-state index in [1.807, 2.05) is 21.1 Å². The number of allylic oxidation sites excluding steroid dienone is 12. The summed E-state index contributed by atoms with van der Waals surface area (Å²) in [5.41, 5.74) is 0. The minimum absolute atomic E-state index is 0.179. The van der Waals surface area contributed by atoms with Crippen molar-refractivity contribution < 1.29 is 42.9 Å². The van der Waals surface area contributed by atoms with Gasteiger partial charge in [-0.05, 0) is 83.5 Å². The van der Waals surface area contributed by atoms with Crippen LogP contribution in [0.4, 0.5) is 0 Å². The molecule has 0 aliphatic carbocycles. The third kappa shape index (κ3) is 70.1. The summed E-state index contributed by atoms with van der Waals surface area (Å²) in [6.07, 6.45) is 88.9. The summed E-state index contributed by atoms with van der Waals surface area (Å²) in [6, 6.07) is 0. The first-order valence-corrected chi connectivity index (χ1v) is 37.1. The molecule has 0 aromatic rings. The number of esters is 2. The van der Waals surface area contributed by atoms with Gasteiger partial charge in [0.15, 0.2) is 6.10 Å². The monoisotopic (exact) mass is 1220 g/mol. The summed E-state index contributed by atoms with van der Waals surface area (Å²) in [6.45, 7) is 4.81. The highest BCUT2D eigenvalue weighted by Crippen LogP contribution is 2.19. The first kappa shape index (κ1) is 83.7. The molecule has 506 valence electrons. The van der Waals surface area contributed by atoms with Crippen LogP contribution in [0.3, 0.4) is 0 Å². The predicted octanol–water partition coefficient (Wildman–Crippen LogP) is 23.3. The Bertz CT molecular complexity index is 1660. The van der Waals surface area contributed by atoms with Gasteiger partial charge in [0, 0.05) is 12.8 Å². The minimum Gasteiger partial charge on any atom is -0.477 e. The number of nitrogens with zero attached hydrogens (tertiary/aromatic N) is 1. The number of likely N-dealkylation sites (N-methyl/N-ethyl adjacent to an activating group) is 1. The van der Waals surface area contributed by atoms with Gasteiger partial charge in [-0.1, -0.05) is 324 Å². The van der Waals surface area contributed by atoms with Crippen molar-refractivity contribution in [1.82, 2.24) is 0 Å². The van der Waals surface area contributed by atoms with E-state index < -0.39 is 18.4 Å². The first-order chi connectivity index (χ1) is 42.6. The largest absolute Gasteiger partial charge is 0.477 e. The maximum absolute atomic E-state index is 13.0. The van der Waals surface area contributed by atoms with E-state index in [-0.39, 0.29) is 38.2 Å². The quantitative estimate of drug-likeness (QED) is 0.0211. The Morgan fingerprint density at radius 2 is 0.655 bits per heavy atom. The van der Waals surface area contributed by atoms with Gasteiger partial charge in [0.1, 0.15) is 13.2 Å². The molecule has 0 aromatic heterocycles. The molecule has 0 radical (unpaired) electrons. The van der Waals surface area contributed by atoms with E-state index in [1.165, 1.54) is 250 Å². The van der Waals surface area contributed by atoms with Crippen LogP contribution < -0.4 is 0 Å². The molecule has 2 unspecified atom stereocenters. The van der Waals surface area contributed by atoms with Crippen molar-refractivity contribution in [3.63, 3.8) is 0 Å². The van der Waals surface area contributed by atoms with Gasteiger partial charge in [0.05, 0.1) is 34.4 Å². The van der Waals surface area contributed by atoms with E-state index in [9.17, 15) is 19.5 Å². The number of ether oxygens (including phenoxy) is 4. The molecule has 0 rings (SSSR count). The van der Waals surface area contributed by atoms with Crippen LogP contribution in [0.15, 0.2) is 72.9 Å². The van der Waals surface area contributed by atoms with Crippen LogP contribution in [0.25, 0.3) is 0 Å². The number of carbonyl (C=O) groups is 3. The highest BCUT2D eigenvalue weighted by Gasteiger charge is 2.25. The molecule has 0 amide bonds. The van der Waals surface area contributed by atoms with Crippen molar-refractivity contribution in [1.29, 1.82) is 0 Å². The summed E-state index contributed by atoms with van der Waals surface area (Å²) in [5, 5.41) is 9.76. The Kier molecular flexibility index (Phi) is 66.1. The lowest BCUT2D eigenvalue weighted by Crippen LogP contribution is -2.40. The van der Waals surface area contributed by atoms with Crippen molar-refractivity contribution in [3.8, 4) is 0 Å². The molecular weight excluding hydrogens is 1080 g/mol. The zero-order valence-corrected chi connectivity index (χ0v) is 57.9. The Hall–Kier alpha value is -3.27. The van der Waals surface area contributed by atoms with Crippen LogP contribution in [-0.2, 0) is 33.3 Å². The topological polar surface area (TPSA) is 108 Å². The summed E-state index contributed by atoms with van der Waals surface area (Å²) in [5.74, 6) is -1.98. The molecule has 0 bridgehead atoms. The Balaban J connectivity index is 4.04. The molecule has 0 saturated heterocycles. The van der Waals surface area contributed by atoms with E-state index >= 15 is 0 Å². The molecule has 0 spiro atoms. The lowest BCUT2D eigenvalue weighted by atomic mass is 10.0. The highest BCUT2D eigenvalue weighted by atomic mass is 16.7. The molecule has 0 aromatic carbocycles. The van der Waals surface area contributed by atoms with Crippen LogP contribution in [0.2, 0.25) is 0 Å². The first-order valence-electron chi connectivity index (χ1n) is 37.1. The van der Waals surface area contributed by atoms with E-state index in [4.69, 9.17) is 18.9 Å². The van der Waals surface area contributed by atoms with Gasteiger partial charge in [-0.2, -0.15) is 0 Å². The van der Waals surface area contributed by atoms with Crippen molar-refractivity contribution >= 4 is 17.9 Å². The van der Waals surface area contributed by atoms with Crippen molar-refractivity contribution in [2.75, 3.05) is 47.5 Å². The van der Waals surface area contributed by atoms with Gasteiger partial charge in [0.2, 0.25) is 0 Å². The fraction of sp³-hybridized carbons (Fsp3) is 0.808. The molecule has 87 heavy (non-hydrogen) atoms. The number of quaternary nitrogens is 1. The number of hydrogen-bond acceptors (Lipinski definition) is 7. The van der Waals surface area contributed by atoms with Crippen LogP contribution in [0.5, 0.6) is 0 Å². The normalized spacial score (nSPS) is 13.1. The maximum Gasteiger partial charge on any atom is 0.361 e. The Morgan fingerprint density at radius 1 is 0.356 bits per heavy atom. The minimum atomic E-state index is -1.51. The van der Waals surface area contributed by atoms with Crippen LogP contribution >= 0.6 is 0 Å². The van der Waals surface area contributed by atoms with Gasteiger partial charge in [-0.15, -0.1) is 0 Å². The molecule has 0 heterocycles. The van der Waals surface area contributed by atoms with Crippen molar-refractivity contribution in [3.05, 3.63) is 72.9 Å². The molecule has 0 fully saturated rings. The van der Waals surface area contributed by atoms with E-state index in [0.717, 1.165) is 70.6 Å². The van der Waals surface area contributed by atoms with E-state index in [2.05, 4.69) is 86.8 Å². The van der Waals surface area contributed by atoms with E-state index in [1.54, 1.807) is 0 Å².